The van der Waals surface area contributed by atoms with Crippen LogP contribution >= 0.6 is 0 Å². The third-order valence-electron chi connectivity index (χ3n) is 5.80. The van der Waals surface area contributed by atoms with Crippen LogP contribution in [0.1, 0.15) is 38.2 Å². The van der Waals surface area contributed by atoms with Gasteiger partial charge >= 0.3 is 0 Å². The Hall–Kier alpha value is -1.81. The molecule has 1 aromatic rings. The molecular formula is C20H29N3O. The Bertz CT molecular complexity index is 613. The van der Waals surface area contributed by atoms with Crippen molar-refractivity contribution in [2.24, 2.45) is 5.92 Å². The smallest absolute Gasteiger partial charge is 0.243 e. The second kappa shape index (κ2) is 7.39. The van der Waals surface area contributed by atoms with Crippen molar-refractivity contribution < 1.29 is 4.79 Å². The molecule has 1 fully saturated rings. The average Bonchev–Trinajstić information content (AvgIpc) is 3.10. The van der Waals surface area contributed by atoms with E-state index < -0.39 is 0 Å². The highest BCUT2D eigenvalue weighted by Crippen LogP contribution is 2.32. The highest BCUT2D eigenvalue weighted by molar-refractivity contribution is 5.87. The Labute approximate surface area is 145 Å². The van der Waals surface area contributed by atoms with Crippen molar-refractivity contribution in [1.29, 1.82) is 0 Å². The molecule has 4 nitrogen and oxygen atoms in total. The molecule has 0 bridgehead atoms. The van der Waals surface area contributed by atoms with Gasteiger partial charge < -0.3 is 15.5 Å². The number of nitrogens with one attached hydrogen (secondary N) is 2. The van der Waals surface area contributed by atoms with E-state index in [1.54, 1.807) is 6.08 Å². The molecule has 1 saturated heterocycles. The minimum atomic E-state index is 0.0312. The van der Waals surface area contributed by atoms with Crippen molar-refractivity contribution in [2.45, 2.75) is 44.7 Å². The number of carbonyl (C=O) groups excluding carboxylic acids is 1. The van der Waals surface area contributed by atoms with Crippen LogP contribution in [0.4, 0.5) is 5.69 Å². The number of likely N-dealkylation sites (tertiary alicyclic amines) is 1. The zero-order valence-corrected chi connectivity index (χ0v) is 15.0. The molecule has 24 heavy (non-hydrogen) atoms. The van der Waals surface area contributed by atoms with Crippen LogP contribution in [-0.2, 0) is 4.79 Å². The topological polar surface area (TPSA) is 44.4 Å². The van der Waals surface area contributed by atoms with Crippen LogP contribution in [0.25, 0.3) is 0 Å². The Morgan fingerprint density at radius 3 is 2.92 bits per heavy atom. The standard InChI is InChI=1S/C20H29N3O/c1-14-12-16(15(2)23(14)3)8-9-20(24)21-11-10-17-13-22-19-7-5-4-6-18(17)19/h4-9,14-17,22H,10-13H2,1-3H3,(H,21,24)/b9-8-. The summed E-state index contributed by atoms with van der Waals surface area (Å²) < 4.78 is 0. The number of carbonyl (C=O) groups is 1. The SMILES string of the molecule is CC1CC(/C=C\C(=O)NCCC2CNc3ccccc32)C(C)N1C. The first-order valence-corrected chi connectivity index (χ1v) is 9.07. The number of anilines is 1. The molecule has 4 heteroatoms. The van der Waals surface area contributed by atoms with Gasteiger partial charge in [0.2, 0.25) is 5.91 Å². The molecule has 0 saturated carbocycles. The summed E-state index contributed by atoms with van der Waals surface area (Å²) in [4.78, 5) is 14.4. The molecule has 0 aliphatic carbocycles. The van der Waals surface area contributed by atoms with E-state index in [-0.39, 0.29) is 5.91 Å². The molecule has 0 spiro atoms. The predicted molar refractivity (Wildman–Crippen MR) is 99.2 cm³/mol. The van der Waals surface area contributed by atoms with Crippen molar-refractivity contribution in [3.05, 3.63) is 42.0 Å². The second-order valence-electron chi connectivity index (χ2n) is 7.26. The molecule has 4 unspecified atom stereocenters. The zero-order chi connectivity index (χ0) is 17.1. The van der Waals surface area contributed by atoms with E-state index >= 15 is 0 Å². The van der Waals surface area contributed by atoms with Crippen molar-refractivity contribution in [1.82, 2.24) is 10.2 Å². The van der Waals surface area contributed by atoms with Crippen LogP contribution in [0.3, 0.4) is 0 Å². The van der Waals surface area contributed by atoms with Crippen LogP contribution in [0.15, 0.2) is 36.4 Å². The molecule has 2 aliphatic heterocycles. The highest BCUT2D eigenvalue weighted by Gasteiger charge is 2.31. The summed E-state index contributed by atoms with van der Waals surface area (Å²) in [5.41, 5.74) is 2.61. The summed E-state index contributed by atoms with van der Waals surface area (Å²) in [5.74, 6) is 1.00. The number of rotatable bonds is 5. The Kier molecular flexibility index (Phi) is 5.24. The lowest BCUT2D eigenvalue weighted by Gasteiger charge is -2.20. The third-order valence-corrected chi connectivity index (χ3v) is 5.80. The largest absolute Gasteiger partial charge is 0.384 e. The molecule has 2 heterocycles. The Morgan fingerprint density at radius 2 is 2.17 bits per heavy atom. The fraction of sp³-hybridized carbons (Fsp3) is 0.550. The van der Waals surface area contributed by atoms with Gasteiger partial charge in [0.15, 0.2) is 0 Å². The van der Waals surface area contributed by atoms with Crippen LogP contribution in [-0.4, -0.2) is 43.0 Å². The summed E-state index contributed by atoms with van der Waals surface area (Å²) >= 11 is 0. The van der Waals surface area contributed by atoms with E-state index in [0.29, 0.717) is 23.9 Å². The zero-order valence-electron chi connectivity index (χ0n) is 15.0. The van der Waals surface area contributed by atoms with Crippen LogP contribution in [0.5, 0.6) is 0 Å². The van der Waals surface area contributed by atoms with E-state index in [9.17, 15) is 4.79 Å². The van der Waals surface area contributed by atoms with Gasteiger partial charge in [0.25, 0.3) is 0 Å². The highest BCUT2D eigenvalue weighted by atomic mass is 16.1. The number of nitrogens with zero attached hydrogens (tertiary/aromatic N) is 1. The molecule has 1 aromatic carbocycles. The second-order valence-corrected chi connectivity index (χ2v) is 7.26. The molecular weight excluding hydrogens is 298 g/mol. The van der Waals surface area contributed by atoms with Gasteiger partial charge in [0, 0.05) is 36.8 Å². The number of amides is 1. The van der Waals surface area contributed by atoms with Gasteiger partial charge in [-0.1, -0.05) is 24.3 Å². The number of benzene rings is 1. The maximum atomic E-state index is 12.1. The first-order chi connectivity index (χ1) is 11.6. The average molecular weight is 327 g/mol. The first-order valence-electron chi connectivity index (χ1n) is 9.07. The maximum absolute atomic E-state index is 12.1. The molecule has 130 valence electrons. The normalized spacial score (nSPS) is 29.6. The lowest BCUT2D eigenvalue weighted by atomic mass is 9.98. The summed E-state index contributed by atoms with van der Waals surface area (Å²) in [6, 6.07) is 9.54. The third kappa shape index (κ3) is 3.64. The van der Waals surface area contributed by atoms with E-state index in [2.05, 4.69) is 66.8 Å². The van der Waals surface area contributed by atoms with E-state index in [1.165, 1.54) is 11.3 Å². The minimum Gasteiger partial charge on any atom is -0.384 e. The Balaban J connectivity index is 1.43. The number of hydrogen-bond donors (Lipinski definition) is 2. The van der Waals surface area contributed by atoms with Gasteiger partial charge in [0.1, 0.15) is 0 Å². The van der Waals surface area contributed by atoms with E-state index in [4.69, 9.17) is 0 Å². The van der Waals surface area contributed by atoms with E-state index in [0.717, 1.165) is 25.9 Å². The number of para-hydroxylation sites is 1. The van der Waals surface area contributed by atoms with Crippen LogP contribution < -0.4 is 10.6 Å². The first kappa shape index (κ1) is 17.0. The lowest BCUT2D eigenvalue weighted by molar-refractivity contribution is -0.116. The van der Waals surface area contributed by atoms with Crippen LogP contribution in [0, 0.1) is 5.92 Å². The molecule has 0 radical (unpaired) electrons. The summed E-state index contributed by atoms with van der Waals surface area (Å²) in [7, 11) is 2.16. The lowest BCUT2D eigenvalue weighted by Crippen LogP contribution is -2.29. The van der Waals surface area contributed by atoms with Crippen molar-refractivity contribution in [2.75, 3.05) is 25.5 Å². The van der Waals surface area contributed by atoms with Gasteiger partial charge in [0.05, 0.1) is 0 Å². The van der Waals surface area contributed by atoms with Crippen LogP contribution in [0.2, 0.25) is 0 Å². The summed E-state index contributed by atoms with van der Waals surface area (Å²) in [6.07, 6.45) is 5.93. The van der Waals surface area contributed by atoms with Crippen molar-refractivity contribution in [3.63, 3.8) is 0 Å². The molecule has 2 aliphatic rings. The number of fused-ring (bicyclic) bond motifs is 1. The van der Waals surface area contributed by atoms with Gasteiger partial charge in [-0.15, -0.1) is 0 Å². The van der Waals surface area contributed by atoms with Gasteiger partial charge in [-0.25, -0.2) is 0 Å². The molecule has 3 rings (SSSR count). The molecule has 1 amide bonds. The fourth-order valence-corrected chi connectivity index (χ4v) is 3.95. The quantitative estimate of drug-likeness (QED) is 0.817. The maximum Gasteiger partial charge on any atom is 0.243 e. The van der Waals surface area contributed by atoms with Gasteiger partial charge in [-0.05, 0) is 57.4 Å². The summed E-state index contributed by atoms with van der Waals surface area (Å²) in [6.45, 7) is 6.17. The van der Waals surface area contributed by atoms with Crippen molar-refractivity contribution in [3.8, 4) is 0 Å². The number of hydrogen-bond acceptors (Lipinski definition) is 3. The van der Waals surface area contributed by atoms with E-state index in [1.807, 2.05) is 0 Å². The predicted octanol–water partition coefficient (Wildman–Crippen LogP) is 2.99. The molecule has 2 N–H and O–H groups in total. The molecule has 0 aromatic heterocycles. The van der Waals surface area contributed by atoms with Gasteiger partial charge in [-0.3, -0.25) is 4.79 Å². The summed E-state index contributed by atoms with van der Waals surface area (Å²) in [5, 5.41) is 6.47. The monoisotopic (exact) mass is 327 g/mol. The van der Waals surface area contributed by atoms with Gasteiger partial charge in [-0.2, -0.15) is 0 Å². The fourth-order valence-electron chi connectivity index (χ4n) is 3.95. The molecule has 4 atom stereocenters. The Morgan fingerprint density at radius 1 is 1.38 bits per heavy atom. The van der Waals surface area contributed by atoms with Crippen molar-refractivity contribution >= 4 is 11.6 Å². The minimum absolute atomic E-state index is 0.0312.